The third-order valence-corrected chi connectivity index (χ3v) is 5.01. The van der Waals surface area contributed by atoms with E-state index in [4.69, 9.17) is 23.2 Å². The Labute approximate surface area is 164 Å². The predicted octanol–water partition coefficient (Wildman–Crippen LogP) is 5.88. The number of halogens is 5. The lowest BCUT2D eigenvalue weighted by Gasteiger charge is -2.33. The maximum Gasteiger partial charge on any atom is 0.573 e. The molecule has 1 amide bonds. The molecule has 2 aromatic rings. The Balaban J connectivity index is 1.70. The van der Waals surface area contributed by atoms with E-state index in [0.717, 1.165) is 5.56 Å². The van der Waals surface area contributed by atoms with E-state index in [1.54, 1.807) is 35.2 Å². The molecule has 3 rings (SSSR count). The molecule has 0 radical (unpaired) electrons. The van der Waals surface area contributed by atoms with Crippen LogP contribution in [0.4, 0.5) is 18.9 Å². The lowest BCUT2D eigenvalue weighted by atomic mass is 9.90. The molecule has 144 valence electrons. The first kappa shape index (κ1) is 19.8. The minimum atomic E-state index is -4.71. The molecule has 2 aromatic carbocycles. The fourth-order valence-corrected chi connectivity index (χ4v) is 3.81. The van der Waals surface area contributed by atoms with Gasteiger partial charge in [-0.05, 0) is 48.6 Å². The van der Waals surface area contributed by atoms with Gasteiger partial charge in [0.2, 0.25) is 5.91 Å². The van der Waals surface area contributed by atoms with Crippen LogP contribution in [-0.4, -0.2) is 18.8 Å². The summed E-state index contributed by atoms with van der Waals surface area (Å²) in [5.74, 6) is -0.158. The molecule has 1 unspecified atom stereocenters. The molecule has 1 fully saturated rings. The normalized spacial score (nSPS) is 17.9. The van der Waals surface area contributed by atoms with Gasteiger partial charge in [0.25, 0.3) is 0 Å². The molecule has 0 aliphatic carbocycles. The van der Waals surface area contributed by atoms with Crippen LogP contribution in [0.3, 0.4) is 0 Å². The van der Waals surface area contributed by atoms with Crippen LogP contribution in [0.25, 0.3) is 0 Å². The Kier molecular flexibility index (Phi) is 5.86. The van der Waals surface area contributed by atoms with Gasteiger partial charge in [0.15, 0.2) is 0 Å². The van der Waals surface area contributed by atoms with Crippen LogP contribution in [-0.2, 0) is 11.2 Å². The van der Waals surface area contributed by atoms with Gasteiger partial charge in [-0.2, -0.15) is 0 Å². The van der Waals surface area contributed by atoms with E-state index >= 15 is 0 Å². The molecule has 0 saturated carbocycles. The molecule has 27 heavy (non-hydrogen) atoms. The van der Waals surface area contributed by atoms with Crippen molar-refractivity contribution in [1.82, 2.24) is 0 Å². The number of amides is 1. The topological polar surface area (TPSA) is 29.5 Å². The van der Waals surface area contributed by atoms with E-state index < -0.39 is 6.36 Å². The van der Waals surface area contributed by atoms with Crippen molar-refractivity contribution in [2.75, 3.05) is 11.4 Å². The summed E-state index contributed by atoms with van der Waals surface area (Å²) in [7, 11) is 0. The van der Waals surface area contributed by atoms with E-state index in [9.17, 15) is 18.0 Å². The van der Waals surface area contributed by atoms with Gasteiger partial charge in [-0.3, -0.25) is 4.79 Å². The van der Waals surface area contributed by atoms with Crippen LogP contribution in [0.15, 0.2) is 42.5 Å². The summed E-state index contributed by atoms with van der Waals surface area (Å²) in [4.78, 5) is 14.0. The zero-order chi connectivity index (χ0) is 19.6. The van der Waals surface area contributed by atoms with Crippen LogP contribution in [0.5, 0.6) is 5.75 Å². The molecule has 8 heteroatoms. The summed E-state index contributed by atoms with van der Waals surface area (Å²) in [5, 5.41) is 0.815. The van der Waals surface area contributed by atoms with Gasteiger partial charge in [-0.15, -0.1) is 13.2 Å². The van der Waals surface area contributed by atoms with E-state index in [1.165, 1.54) is 12.1 Å². The minimum absolute atomic E-state index is 0.0461. The van der Waals surface area contributed by atoms with E-state index in [2.05, 4.69) is 4.74 Å². The van der Waals surface area contributed by atoms with E-state index in [0.29, 0.717) is 41.5 Å². The average molecular weight is 418 g/mol. The predicted molar refractivity (Wildman–Crippen MR) is 98.4 cm³/mol. The van der Waals surface area contributed by atoms with Gasteiger partial charge < -0.3 is 9.64 Å². The van der Waals surface area contributed by atoms with Crippen molar-refractivity contribution in [2.24, 2.45) is 5.92 Å². The minimum Gasteiger partial charge on any atom is -0.406 e. The second-order valence-electron chi connectivity index (χ2n) is 6.38. The van der Waals surface area contributed by atoms with Crippen LogP contribution < -0.4 is 9.64 Å². The largest absolute Gasteiger partial charge is 0.573 e. The van der Waals surface area contributed by atoms with Crippen molar-refractivity contribution < 1.29 is 22.7 Å². The lowest BCUT2D eigenvalue weighted by molar-refractivity contribution is -0.274. The maximum atomic E-state index is 12.4. The Bertz CT molecular complexity index is 804. The van der Waals surface area contributed by atoms with Crippen molar-refractivity contribution >= 4 is 34.8 Å². The van der Waals surface area contributed by atoms with Gasteiger partial charge >= 0.3 is 6.36 Å². The summed E-state index contributed by atoms with van der Waals surface area (Å²) in [6.45, 7) is 0.448. The summed E-state index contributed by atoms with van der Waals surface area (Å²) < 4.78 is 40.6. The van der Waals surface area contributed by atoms with Crippen LogP contribution in [0.1, 0.15) is 18.4 Å². The highest BCUT2D eigenvalue weighted by Crippen LogP contribution is 2.37. The Hall–Kier alpha value is -1.92. The average Bonchev–Trinajstić information content (AvgIpc) is 2.58. The molecule has 0 N–H and O–H groups in total. The van der Waals surface area contributed by atoms with E-state index in [1.807, 2.05) is 0 Å². The van der Waals surface area contributed by atoms with Gasteiger partial charge in [0, 0.05) is 13.0 Å². The summed E-state index contributed by atoms with van der Waals surface area (Å²) in [5.41, 5.74) is 1.37. The van der Waals surface area contributed by atoms with Crippen LogP contribution in [0.2, 0.25) is 10.0 Å². The number of piperidine rings is 1. The molecule has 1 atom stereocenters. The quantitative estimate of drug-likeness (QED) is 0.621. The number of anilines is 1. The molecular weight excluding hydrogens is 402 g/mol. The fraction of sp³-hybridized carbons (Fsp3) is 0.316. The highest BCUT2D eigenvalue weighted by atomic mass is 35.5. The second-order valence-corrected chi connectivity index (χ2v) is 7.19. The number of para-hydroxylation sites is 1. The molecule has 1 saturated heterocycles. The molecule has 3 nitrogen and oxygen atoms in total. The zero-order valence-corrected chi connectivity index (χ0v) is 15.6. The first-order valence-electron chi connectivity index (χ1n) is 8.32. The van der Waals surface area contributed by atoms with Crippen molar-refractivity contribution in [3.8, 4) is 5.75 Å². The number of ether oxygens (including phenoxy) is 1. The maximum absolute atomic E-state index is 12.4. The Morgan fingerprint density at radius 3 is 2.30 bits per heavy atom. The number of hydrogen-bond donors (Lipinski definition) is 0. The molecule has 1 heterocycles. The number of hydrogen-bond acceptors (Lipinski definition) is 2. The summed E-state index contributed by atoms with van der Waals surface area (Å²) >= 11 is 12.4. The summed E-state index contributed by atoms with van der Waals surface area (Å²) in [6.07, 6.45) is -3.03. The standard InChI is InChI=1S/C19H16Cl2F3NO2/c20-15-2-1-3-16(21)18(15)25-11-13(6-9-17(25)26)10-12-4-7-14(8-5-12)27-19(22,23)24/h1-5,7-8,13H,6,9-11H2. The van der Waals surface area contributed by atoms with Gasteiger partial charge in [-0.25, -0.2) is 0 Å². The van der Waals surface area contributed by atoms with Crippen LogP contribution >= 0.6 is 23.2 Å². The first-order valence-corrected chi connectivity index (χ1v) is 9.07. The summed E-state index contributed by atoms with van der Waals surface area (Å²) in [6, 6.07) is 10.9. The number of alkyl halides is 3. The van der Waals surface area contributed by atoms with Gasteiger partial charge in [0.05, 0.1) is 15.7 Å². The number of carbonyl (C=O) groups is 1. The lowest BCUT2D eigenvalue weighted by Crippen LogP contribution is -2.41. The Morgan fingerprint density at radius 2 is 1.70 bits per heavy atom. The Morgan fingerprint density at radius 1 is 1.07 bits per heavy atom. The number of nitrogens with zero attached hydrogens (tertiary/aromatic N) is 1. The highest BCUT2D eigenvalue weighted by molar-refractivity contribution is 6.39. The molecule has 0 aromatic heterocycles. The molecule has 1 aliphatic rings. The molecule has 1 aliphatic heterocycles. The number of rotatable bonds is 4. The molecule has 0 bridgehead atoms. The molecular formula is C19H16Cl2F3NO2. The molecule has 0 spiro atoms. The third-order valence-electron chi connectivity index (χ3n) is 4.40. The SMILES string of the molecule is O=C1CCC(Cc2ccc(OC(F)(F)F)cc2)CN1c1c(Cl)cccc1Cl. The highest BCUT2D eigenvalue weighted by Gasteiger charge is 2.31. The van der Waals surface area contributed by atoms with Crippen molar-refractivity contribution in [3.05, 3.63) is 58.1 Å². The zero-order valence-electron chi connectivity index (χ0n) is 14.1. The number of benzene rings is 2. The monoisotopic (exact) mass is 417 g/mol. The number of carbonyl (C=O) groups excluding carboxylic acids is 1. The van der Waals surface area contributed by atoms with Gasteiger partial charge in [0.1, 0.15) is 5.75 Å². The van der Waals surface area contributed by atoms with Crippen molar-refractivity contribution in [1.29, 1.82) is 0 Å². The smallest absolute Gasteiger partial charge is 0.406 e. The van der Waals surface area contributed by atoms with Crippen molar-refractivity contribution in [3.63, 3.8) is 0 Å². The third kappa shape index (κ3) is 5.08. The van der Waals surface area contributed by atoms with Crippen molar-refractivity contribution in [2.45, 2.75) is 25.6 Å². The first-order chi connectivity index (χ1) is 12.7. The fourth-order valence-electron chi connectivity index (χ4n) is 3.20. The van der Waals surface area contributed by atoms with E-state index in [-0.39, 0.29) is 17.6 Å². The second kappa shape index (κ2) is 7.98. The van der Waals surface area contributed by atoms with Crippen LogP contribution in [0, 0.1) is 5.92 Å². The van der Waals surface area contributed by atoms with Gasteiger partial charge in [-0.1, -0.05) is 41.4 Å².